The number of rotatable bonds is 2. The van der Waals surface area contributed by atoms with Crippen LogP contribution >= 0.6 is 15.9 Å². The van der Waals surface area contributed by atoms with Gasteiger partial charge in [0.15, 0.2) is 5.82 Å². The second-order valence-electron chi connectivity index (χ2n) is 4.68. The quantitative estimate of drug-likeness (QED) is 0.864. The third-order valence-electron chi connectivity index (χ3n) is 3.25. The normalized spacial score (nSPS) is 17.1. The molecule has 1 saturated carbocycles. The Morgan fingerprint density at radius 1 is 1.41 bits per heavy atom. The highest BCUT2D eigenvalue weighted by Gasteiger charge is 2.43. The van der Waals surface area contributed by atoms with E-state index in [1.165, 1.54) is 0 Å². The van der Waals surface area contributed by atoms with E-state index in [-0.39, 0.29) is 5.41 Å². The van der Waals surface area contributed by atoms with Gasteiger partial charge in [0.2, 0.25) is 0 Å². The van der Waals surface area contributed by atoms with E-state index in [9.17, 15) is 0 Å². The number of aromatic nitrogens is 2. The standard InChI is InChI=1S/C12H12BrN3O/c1-12(5-6-12)11-15-10(17-16-11)7-3-2-4-8(13)9(7)14/h2-4H,5-6,14H2,1H3. The van der Waals surface area contributed by atoms with Gasteiger partial charge in [-0.2, -0.15) is 4.98 Å². The molecule has 1 aromatic heterocycles. The van der Waals surface area contributed by atoms with E-state index in [1.807, 2.05) is 18.2 Å². The third-order valence-corrected chi connectivity index (χ3v) is 3.94. The topological polar surface area (TPSA) is 64.9 Å². The zero-order valence-electron chi connectivity index (χ0n) is 9.40. The molecule has 1 fully saturated rings. The number of hydrogen-bond acceptors (Lipinski definition) is 4. The van der Waals surface area contributed by atoms with E-state index >= 15 is 0 Å². The molecule has 0 spiro atoms. The Kier molecular flexibility index (Phi) is 2.26. The van der Waals surface area contributed by atoms with Crippen LogP contribution in [0.15, 0.2) is 27.2 Å². The number of hydrogen-bond donors (Lipinski definition) is 1. The maximum absolute atomic E-state index is 5.97. The maximum Gasteiger partial charge on any atom is 0.260 e. The van der Waals surface area contributed by atoms with E-state index in [4.69, 9.17) is 10.3 Å². The molecule has 0 bridgehead atoms. The Hall–Kier alpha value is -1.36. The Bertz CT molecular complexity index is 575. The lowest BCUT2D eigenvalue weighted by molar-refractivity contribution is 0.416. The summed E-state index contributed by atoms with van der Waals surface area (Å²) in [6, 6.07) is 5.67. The molecule has 4 nitrogen and oxygen atoms in total. The van der Waals surface area contributed by atoms with E-state index < -0.39 is 0 Å². The van der Waals surface area contributed by atoms with Gasteiger partial charge in [-0.05, 0) is 40.9 Å². The summed E-state index contributed by atoms with van der Waals surface area (Å²) in [5, 5.41) is 4.04. The fourth-order valence-electron chi connectivity index (χ4n) is 1.71. The summed E-state index contributed by atoms with van der Waals surface area (Å²) in [5.74, 6) is 1.28. The van der Waals surface area contributed by atoms with Gasteiger partial charge >= 0.3 is 0 Å². The van der Waals surface area contributed by atoms with Gasteiger partial charge in [0.25, 0.3) is 5.89 Å². The molecule has 0 aliphatic heterocycles. The lowest BCUT2D eigenvalue weighted by Crippen LogP contribution is -2.02. The average molecular weight is 294 g/mol. The molecule has 0 radical (unpaired) electrons. The van der Waals surface area contributed by atoms with Crippen molar-refractivity contribution in [3.05, 3.63) is 28.5 Å². The van der Waals surface area contributed by atoms with E-state index in [2.05, 4.69) is 33.0 Å². The molecule has 0 amide bonds. The molecular weight excluding hydrogens is 282 g/mol. The molecule has 0 unspecified atom stereocenters. The number of nitrogens with two attached hydrogens (primary N) is 1. The van der Waals surface area contributed by atoms with Crippen molar-refractivity contribution in [3.63, 3.8) is 0 Å². The van der Waals surface area contributed by atoms with Crippen molar-refractivity contribution < 1.29 is 4.52 Å². The number of nitrogen functional groups attached to an aromatic ring is 1. The summed E-state index contributed by atoms with van der Waals surface area (Å²) in [6.45, 7) is 2.14. The van der Waals surface area contributed by atoms with Crippen LogP contribution in [0.25, 0.3) is 11.5 Å². The van der Waals surface area contributed by atoms with Gasteiger partial charge in [0.1, 0.15) is 0 Å². The van der Waals surface area contributed by atoms with Gasteiger partial charge in [0, 0.05) is 9.89 Å². The largest absolute Gasteiger partial charge is 0.397 e. The second-order valence-corrected chi connectivity index (χ2v) is 5.54. The number of halogens is 1. The lowest BCUT2D eigenvalue weighted by atomic mass is 10.1. The van der Waals surface area contributed by atoms with E-state index in [1.54, 1.807) is 0 Å². The van der Waals surface area contributed by atoms with Crippen molar-refractivity contribution >= 4 is 21.6 Å². The first kappa shape index (κ1) is 10.8. The van der Waals surface area contributed by atoms with Gasteiger partial charge in [-0.3, -0.25) is 0 Å². The van der Waals surface area contributed by atoms with Crippen LogP contribution < -0.4 is 5.73 Å². The summed E-state index contributed by atoms with van der Waals surface area (Å²) in [7, 11) is 0. The van der Waals surface area contributed by atoms with E-state index in [0.29, 0.717) is 11.6 Å². The third kappa shape index (κ3) is 1.74. The fourth-order valence-corrected chi connectivity index (χ4v) is 2.08. The van der Waals surface area contributed by atoms with Crippen LogP contribution in [0.5, 0.6) is 0 Å². The molecule has 1 heterocycles. The highest BCUT2D eigenvalue weighted by Crippen LogP contribution is 2.46. The highest BCUT2D eigenvalue weighted by molar-refractivity contribution is 9.10. The number of para-hydroxylation sites is 1. The van der Waals surface area contributed by atoms with Crippen molar-refractivity contribution in [2.45, 2.75) is 25.2 Å². The first-order chi connectivity index (χ1) is 8.10. The van der Waals surface area contributed by atoms with Crippen molar-refractivity contribution in [3.8, 4) is 11.5 Å². The van der Waals surface area contributed by atoms with Crippen LogP contribution in [0.3, 0.4) is 0 Å². The first-order valence-electron chi connectivity index (χ1n) is 5.49. The summed E-state index contributed by atoms with van der Waals surface area (Å²) in [5.41, 5.74) is 7.50. The molecular formula is C12H12BrN3O. The zero-order valence-corrected chi connectivity index (χ0v) is 11.0. The lowest BCUT2D eigenvalue weighted by Gasteiger charge is -2.02. The molecule has 0 saturated heterocycles. The maximum atomic E-state index is 5.97. The zero-order chi connectivity index (χ0) is 12.0. The van der Waals surface area contributed by atoms with Crippen LogP contribution in [-0.2, 0) is 5.41 Å². The Balaban J connectivity index is 2.04. The monoisotopic (exact) mass is 293 g/mol. The molecule has 1 aliphatic carbocycles. The molecule has 5 heteroatoms. The minimum Gasteiger partial charge on any atom is -0.397 e. The van der Waals surface area contributed by atoms with Gasteiger partial charge < -0.3 is 10.3 Å². The minimum atomic E-state index is 0.114. The van der Waals surface area contributed by atoms with Gasteiger partial charge in [-0.15, -0.1) is 0 Å². The predicted octanol–water partition coefficient (Wildman–Crippen LogP) is 3.13. The first-order valence-corrected chi connectivity index (χ1v) is 6.28. The average Bonchev–Trinajstić information content (AvgIpc) is 2.88. The Labute approximate surface area is 107 Å². The van der Waals surface area contributed by atoms with E-state index in [0.717, 1.165) is 28.7 Å². The van der Waals surface area contributed by atoms with Gasteiger partial charge in [-0.25, -0.2) is 0 Å². The van der Waals surface area contributed by atoms with Crippen LogP contribution in [-0.4, -0.2) is 10.1 Å². The SMILES string of the molecule is CC1(c2noc(-c3cccc(Br)c3N)n2)CC1. The number of anilines is 1. The second kappa shape index (κ2) is 3.57. The molecule has 1 aliphatic rings. The predicted molar refractivity (Wildman–Crippen MR) is 68.4 cm³/mol. The van der Waals surface area contributed by atoms with Crippen LogP contribution in [0, 0.1) is 0 Å². The molecule has 88 valence electrons. The molecule has 17 heavy (non-hydrogen) atoms. The summed E-state index contributed by atoms with van der Waals surface area (Å²) >= 11 is 3.39. The fraction of sp³-hybridized carbons (Fsp3) is 0.333. The summed E-state index contributed by atoms with van der Waals surface area (Å²) in [6.07, 6.45) is 2.25. The molecule has 1 aromatic carbocycles. The Morgan fingerprint density at radius 3 is 2.88 bits per heavy atom. The summed E-state index contributed by atoms with van der Waals surface area (Å²) < 4.78 is 6.13. The van der Waals surface area contributed by atoms with Crippen molar-refractivity contribution in [1.29, 1.82) is 0 Å². The van der Waals surface area contributed by atoms with Gasteiger partial charge in [-0.1, -0.05) is 18.1 Å². The van der Waals surface area contributed by atoms with Crippen LogP contribution in [0.4, 0.5) is 5.69 Å². The smallest absolute Gasteiger partial charge is 0.260 e. The number of benzene rings is 1. The highest BCUT2D eigenvalue weighted by atomic mass is 79.9. The molecule has 2 N–H and O–H groups in total. The summed E-state index contributed by atoms with van der Waals surface area (Å²) in [4.78, 5) is 4.44. The molecule has 0 atom stereocenters. The van der Waals surface area contributed by atoms with Crippen molar-refractivity contribution in [2.75, 3.05) is 5.73 Å². The van der Waals surface area contributed by atoms with Crippen LogP contribution in [0.1, 0.15) is 25.6 Å². The van der Waals surface area contributed by atoms with Crippen molar-refractivity contribution in [2.24, 2.45) is 0 Å². The number of nitrogens with zero attached hydrogens (tertiary/aromatic N) is 2. The minimum absolute atomic E-state index is 0.114. The van der Waals surface area contributed by atoms with Gasteiger partial charge in [0.05, 0.1) is 11.3 Å². The van der Waals surface area contributed by atoms with Crippen molar-refractivity contribution in [1.82, 2.24) is 10.1 Å². The Morgan fingerprint density at radius 2 is 2.18 bits per heavy atom. The van der Waals surface area contributed by atoms with Crippen LogP contribution in [0.2, 0.25) is 0 Å². The molecule has 2 aromatic rings. The molecule has 3 rings (SSSR count).